The van der Waals surface area contributed by atoms with Gasteiger partial charge in [0.1, 0.15) is 18.8 Å². The van der Waals surface area contributed by atoms with Gasteiger partial charge in [0.25, 0.3) is 0 Å². The van der Waals surface area contributed by atoms with E-state index in [0.29, 0.717) is 13.2 Å². The molecular weight excluding hydrogens is 392 g/mol. The summed E-state index contributed by atoms with van der Waals surface area (Å²) in [6, 6.07) is 29.5. The Morgan fingerprint density at radius 1 is 0.645 bits per heavy atom. The first-order valence-corrected chi connectivity index (χ1v) is 10.4. The van der Waals surface area contributed by atoms with E-state index in [0.717, 1.165) is 16.7 Å². The van der Waals surface area contributed by atoms with Crippen LogP contribution in [0.5, 0.6) is 0 Å². The quantitative estimate of drug-likeness (QED) is 0.485. The zero-order valence-corrected chi connectivity index (χ0v) is 17.3. The Balaban J connectivity index is 1.47. The molecule has 0 radical (unpaired) electrons. The van der Waals surface area contributed by atoms with Crippen LogP contribution in [0.15, 0.2) is 91.0 Å². The largest absolute Gasteiger partial charge is 0.461 e. The average Bonchev–Trinajstić information content (AvgIpc) is 2.83. The number of hydrogen-bond donors (Lipinski definition) is 0. The molecule has 0 bridgehead atoms. The van der Waals surface area contributed by atoms with Crippen molar-refractivity contribution in [2.24, 2.45) is 0 Å². The molecule has 31 heavy (non-hydrogen) atoms. The Hall–Kier alpha value is -2.99. The maximum absolute atomic E-state index is 12.6. The van der Waals surface area contributed by atoms with Crippen LogP contribution in [0.25, 0.3) is 0 Å². The lowest BCUT2D eigenvalue weighted by Gasteiger charge is -2.36. The minimum absolute atomic E-state index is 0.135. The molecule has 1 aliphatic heterocycles. The van der Waals surface area contributed by atoms with Gasteiger partial charge in [-0.2, -0.15) is 0 Å². The number of esters is 1. The van der Waals surface area contributed by atoms with Crippen molar-refractivity contribution >= 4 is 5.97 Å². The fourth-order valence-corrected chi connectivity index (χ4v) is 3.48. The van der Waals surface area contributed by atoms with E-state index in [4.69, 9.17) is 18.9 Å². The molecule has 1 heterocycles. The summed E-state index contributed by atoms with van der Waals surface area (Å²) in [5, 5.41) is 0. The molecule has 5 heteroatoms. The Morgan fingerprint density at radius 3 is 1.61 bits per heavy atom. The van der Waals surface area contributed by atoms with Crippen molar-refractivity contribution < 1.29 is 23.7 Å². The van der Waals surface area contributed by atoms with E-state index < -0.39 is 24.3 Å². The first-order valence-electron chi connectivity index (χ1n) is 10.4. The van der Waals surface area contributed by atoms with Gasteiger partial charge in [-0.15, -0.1) is 0 Å². The normalized spacial score (nSPS) is 20.9. The smallest absolute Gasteiger partial charge is 0.338 e. The number of hydrogen-bond acceptors (Lipinski definition) is 5. The van der Waals surface area contributed by atoms with Crippen LogP contribution in [0.2, 0.25) is 0 Å². The number of carbonyl (C=O) groups is 1. The molecule has 3 aromatic rings. The van der Waals surface area contributed by atoms with Gasteiger partial charge in [-0.3, -0.25) is 0 Å². The Morgan fingerprint density at radius 2 is 1.10 bits per heavy atom. The first kappa shape index (κ1) is 21.2. The van der Waals surface area contributed by atoms with E-state index in [-0.39, 0.29) is 13.2 Å². The first-order chi connectivity index (χ1) is 15.3. The van der Waals surface area contributed by atoms with Gasteiger partial charge in [-0.25, -0.2) is 4.79 Å². The summed E-state index contributed by atoms with van der Waals surface area (Å²) in [6.07, 6.45) is -1.87. The van der Waals surface area contributed by atoms with Crippen LogP contribution in [0, 0.1) is 0 Å². The van der Waals surface area contributed by atoms with Gasteiger partial charge in [0, 0.05) is 0 Å². The fourth-order valence-electron chi connectivity index (χ4n) is 3.48. The van der Waals surface area contributed by atoms with Gasteiger partial charge >= 0.3 is 5.97 Å². The van der Waals surface area contributed by atoms with E-state index in [1.807, 2.05) is 91.0 Å². The van der Waals surface area contributed by atoms with Crippen LogP contribution in [-0.4, -0.2) is 30.9 Å². The Bertz CT molecular complexity index is 930. The molecule has 4 rings (SSSR count). The molecule has 5 nitrogen and oxygen atoms in total. The van der Waals surface area contributed by atoms with E-state index in [2.05, 4.69) is 0 Å². The molecule has 160 valence electrons. The predicted octanol–water partition coefficient (Wildman–Crippen LogP) is 4.30. The molecule has 0 unspecified atom stereocenters. The summed E-state index contributed by atoms with van der Waals surface area (Å²) >= 11 is 0. The second kappa shape index (κ2) is 10.9. The predicted molar refractivity (Wildman–Crippen MR) is 116 cm³/mol. The Kier molecular flexibility index (Phi) is 7.45. The van der Waals surface area contributed by atoms with Crippen LogP contribution in [-0.2, 0) is 43.6 Å². The molecule has 3 atom stereocenters. The van der Waals surface area contributed by atoms with Gasteiger partial charge < -0.3 is 18.9 Å². The van der Waals surface area contributed by atoms with Crippen molar-refractivity contribution in [3.05, 3.63) is 108 Å². The van der Waals surface area contributed by atoms with Crippen molar-refractivity contribution in [2.75, 3.05) is 6.61 Å². The molecule has 1 aliphatic rings. The molecule has 0 N–H and O–H groups in total. The average molecular weight is 418 g/mol. The minimum Gasteiger partial charge on any atom is -0.461 e. The van der Waals surface area contributed by atoms with E-state index in [1.54, 1.807) is 0 Å². The molecule has 0 aromatic heterocycles. The monoisotopic (exact) mass is 418 g/mol. The second-order valence-corrected chi connectivity index (χ2v) is 7.44. The molecule has 0 spiro atoms. The van der Waals surface area contributed by atoms with Crippen molar-refractivity contribution in [3.63, 3.8) is 0 Å². The molecule has 1 saturated heterocycles. The topological polar surface area (TPSA) is 54.0 Å². The van der Waals surface area contributed by atoms with Crippen molar-refractivity contribution in [3.8, 4) is 0 Å². The number of benzene rings is 3. The van der Waals surface area contributed by atoms with Gasteiger partial charge in [-0.1, -0.05) is 91.0 Å². The summed E-state index contributed by atoms with van der Waals surface area (Å²) in [5.41, 5.74) is 3.04. The van der Waals surface area contributed by atoms with Gasteiger partial charge in [0.15, 0.2) is 6.10 Å². The number of carbonyl (C=O) groups excluding carboxylic acids is 1. The third-order valence-corrected chi connectivity index (χ3v) is 5.15. The van der Waals surface area contributed by atoms with E-state index in [1.165, 1.54) is 0 Å². The lowest BCUT2D eigenvalue weighted by molar-refractivity contribution is -0.215. The molecule has 1 fully saturated rings. The summed E-state index contributed by atoms with van der Waals surface area (Å²) in [6.45, 7) is 1.18. The summed E-state index contributed by atoms with van der Waals surface area (Å²) in [4.78, 5) is 12.6. The van der Waals surface area contributed by atoms with Crippen LogP contribution in [0.1, 0.15) is 16.7 Å². The van der Waals surface area contributed by atoms with Crippen molar-refractivity contribution in [2.45, 2.75) is 38.1 Å². The van der Waals surface area contributed by atoms with Gasteiger partial charge in [0.05, 0.1) is 19.8 Å². The molecule has 0 aliphatic carbocycles. The van der Waals surface area contributed by atoms with Gasteiger partial charge in [-0.05, 0) is 16.7 Å². The molecular formula is C26H26O5. The highest BCUT2D eigenvalue weighted by atomic mass is 16.6. The van der Waals surface area contributed by atoms with Crippen molar-refractivity contribution in [1.29, 1.82) is 0 Å². The minimum atomic E-state index is -0.863. The van der Waals surface area contributed by atoms with E-state index >= 15 is 0 Å². The summed E-state index contributed by atoms with van der Waals surface area (Å²) in [7, 11) is 0. The van der Waals surface area contributed by atoms with Crippen LogP contribution in [0.3, 0.4) is 0 Å². The number of rotatable bonds is 9. The van der Waals surface area contributed by atoms with Crippen LogP contribution < -0.4 is 0 Å². The number of cyclic esters (lactones) is 1. The maximum Gasteiger partial charge on any atom is 0.338 e. The standard InChI is InChI=1S/C26H26O5/c27-26-25(30-18-22-14-8-3-9-15-22)24(29-17-21-12-6-2-7-13-21)23(19-31-26)28-16-20-10-4-1-5-11-20/h1-15,23-25H,16-19H2/t23-,24-,25+/m0/s1. The van der Waals surface area contributed by atoms with Crippen LogP contribution in [0.4, 0.5) is 0 Å². The summed E-state index contributed by atoms with van der Waals surface area (Å²) in [5.74, 6) is -0.423. The highest BCUT2D eigenvalue weighted by molar-refractivity contribution is 5.76. The third kappa shape index (κ3) is 6.01. The SMILES string of the molecule is O=C1OC[C@H](OCc2ccccc2)[C@H](OCc2ccccc2)[C@H]1OCc1ccccc1. The molecule has 0 saturated carbocycles. The van der Waals surface area contributed by atoms with E-state index in [9.17, 15) is 4.79 Å². The lowest BCUT2D eigenvalue weighted by Crippen LogP contribution is -2.54. The van der Waals surface area contributed by atoms with Crippen LogP contribution >= 0.6 is 0 Å². The zero-order valence-electron chi connectivity index (χ0n) is 17.3. The van der Waals surface area contributed by atoms with Gasteiger partial charge in [0.2, 0.25) is 0 Å². The highest BCUT2D eigenvalue weighted by Crippen LogP contribution is 2.23. The van der Waals surface area contributed by atoms with Crippen molar-refractivity contribution in [1.82, 2.24) is 0 Å². The summed E-state index contributed by atoms with van der Waals surface area (Å²) < 4.78 is 23.7. The zero-order chi connectivity index (χ0) is 21.3. The Labute approximate surface area is 182 Å². The second-order valence-electron chi connectivity index (χ2n) is 7.44. The molecule has 0 amide bonds. The fraction of sp³-hybridized carbons (Fsp3) is 0.269. The lowest BCUT2D eigenvalue weighted by atomic mass is 10.0. The maximum atomic E-state index is 12.6. The third-order valence-electron chi connectivity index (χ3n) is 5.15. The highest BCUT2D eigenvalue weighted by Gasteiger charge is 2.43. The molecule has 3 aromatic carbocycles. The number of ether oxygens (including phenoxy) is 4.